The molecule has 1 aromatic carbocycles. The van der Waals surface area contributed by atoms with Crippen LogP contribution in [0.1, 0.15) is 27.4 Å². The Hall–Kier alpha value is -1.69. The van der Waals surface area contributed by atoms with Crippen molar-refractivity contribution >= 4 is 17.1 Å². The van der Waals surface area contributed by atoms with Gasteiger partial charge in [0.25, 0.3) is 6.43 Å². The molecule has 88 valence electrons. The normalized spacial score (nSPS) is 10.8. The second-order valence-corrected chi connectivity index (χ2v) is 4.06. The molecule has 2 rings (SSSR count). The van der Waals surface area contributed by atoms with Crippen LogP contribution in [0, 0.1) is 5.82 Å². The lowest BCUT2D eigenvalue weighted by Crippen LogP contribution is -2.03. The van der Waals surface area contributed by atoms with Crippen molar-refractivity contribution in [1.29, 1.82) is 0 Å². The van der Waals surface area contributed by atoms with E-state index in [1.165, 1.54) is 23.7 Å². The molecule has 17 heavy (non-hydrogen) atoms. The quantitative estimate of drug-likeness (QED) is 0.788. The fourth-order valence-electron chi connectivity index (χ4n) is 1.34. The Morgan fingerprint density at radius 1 is 1.35 bits per heavy atom. The molecule has 0 spiro atoms. The minimum Gasteiger partial charge on any atom is -0.288 e. The lowest BCUT2D eigenvalue weighted by atomic mass is 10.1. The summed E-state index contributed by atoms with van der Waals surface area (Å²) in [6.07, 6.45) is -2.81. The summed E-state index contributed by atoms with van der Waals surface area (Å²) in [6, 6.07) is 4.92. The first-order chi connectivity index (χ1) is 8.09. The van der Waals surface area contributed by atoms with E-state index in [-0.39, 0.29) is 10.4 Å². The van der Waals surface area contributed by atoms with Gasteiger partial charge in [0, 0.05) is 5.56 Å². The van der Waals surface area contributed by atoms with Gasteiger partial charge >= 0.3 is 0 Å². The molecular weight excluding hydrogens is 251 g/mol. The number of nitrogens with zero attached hydrogens (tertiary/aromatic N) is 1. The Morgan fingerprint density at radius 3 is 2.76 bits per heavy atom. The maximum absolute atomic E-state index is 12.9. The van der Waals surface area contributed by atoms with Crippen molar-refractivity contribution in [3.8, 4) is 0 Å². The van der Waals surface area contributed by atoms with Gasteiger partial charge in [-0.25, -0.2) is 18.2 Å². The van der Waals surface area contributed by atoms with Gasteiger partial charge < -0.3 is 0 Å². The summed E-state index contributed by atoms with van der Waals surface area (Å²) in [5, 5.41) is 0. The SMILES string of the molecule is O=C(c1cccc(F)c1)c1scnc1C(F)F. The van der Waals surface area contributed by atoms with Crippen molar-refractivity contribution in [2.75, 3.05) is 0 Å². The molecular formula is C11H6F3NOS. The second-order valence-electron chi connectivity index (χ2n) is 3.21. The zero-order chi connectivity index (χ0) is 12.4. The van der Waals surface area contributed by atoms with Gasteiger partial charge in [0.2, 0.25) is 5.78 Å². The molecule has 0 atom stereocenters. The Balaban J connectivity index is 2.41. The maximum atomic E-state index is 12.9. The summed E-state index contributed by atoms with van der Waals surface area (Å²) in [7, 11) is 0. The van der Waals surface area contributed by atoms with E-state index in [0.29, 0.717) is 0 Å². The third-order valence-electron chi connectivity index (χ3n) is 2.09. The second kappa shape index (κ2) is 4.67. The molecule has 0 aliphatic heterocycles. The van der Waals surface area contributed by atoms with Crippen molar-refractivity contribution < 1.29 is 18.0 Å². The van der Waals surface area contributed by atoms with Crippen molar-refractivity contribution in [1.82, 2.24) is 4.98 Å². The van der Waals surface area contributed by atoms with Crippen LogP contribution in [0.3, 0.4) is 0 Å². The van der Waals surface area contributed by atoms with Crippen LogP contribution in [0.15, 0.2) is 29.8 Å². The predicted octanol–water partition coefficient (Wildman–Crippen LogP) is 3.45. The summed E-state index contributed by atoms with van der Waals surface area (Å²) in [6.45, 7) is 0. The van der Waals surface area contributed by atoms with Crippen LogP contribution < -0.4 is 0 Å². The number of ketones is 1. The van der Waals surface area contributed by atoms with Crippen LogP contribution in [0.5, 0.6) is 0 Å². The Kier molecular flexibility index (Phi) is 3.23. The molecule has 0 amide bonds. The summed E-state index contributed by atoms with van der Waals surface area (Å²) >= 11 is 0.824. The summed E-state index contributed by atoms with van der Waals surface area (Å²) in [4.78, 5) is 15.1. The molecule has 0 bridgehead atoms. The first kappa shape index (κ1) is 11.8. The van der Waals surface area contributed by atoms with Gasteiger partial charge in [0.05, 0.1) is 5.51 Å². The van der Waals surface area contributed by atoms with E-state index in [9.17, 15) is 18.0 Å². The minimum absolute atomic E-state index is 0.0381. The van der Waals surface area contributed by atoms with Gasteiger partial charge in [-0.2, -0.15) is 0 Å². The number of aromatic nitrogens is 1. The van der Waals surface area contributed by atoms with Crippen molar-refractivity contribution in [2.24, 2.45) is 0 Å². The number of halogens is 3. The highest BCUT2D eigenvalue weighted by Gasteiger charge is 2.22. The smallest absolute Gasteiger partial charge is 0.281 e. The molecule has 0 saturated heterocycles. The summed E-state index contributed by atoms with van der Waals surface area (Å²) in [5.41, 5.74) is 0.661. The van der Waals surface area contributed by atoms with E-state index in [0.717, 1.165) is 17.4 Å². The van der Waals surface area contributed by atoms with Crippen molar-refractivity contribution in [2.45, 2.75) is 6.43 Å². The minimum atomic E-state index is -2.81. The van der Waals surface area contributed by atoms with Crippen molar-refractivity contribution in [3.05, 3.63) is 51.7 Å². The van der Waals surface area contributed by atoms with Crippen molar-refractivity contribution in [3.63, 3.8) is 0 Å². The molecule has 0 saturated carbocycles. The molecule has 0 aliphatic rings. The molecule has 1 heterocycles. The molecule has 6 heteroatoms. The first-order valence-electron chi connectivity index (χ1n) is 4.61. The van der Waals surface area contributed by atoms with Gasteiger partial charge in [0.15, 0.2) is 0 Å². The highest BCUT2D eigenvalue weighted by Crippen LogP contribution is 2.26. The molecule has 0 fully saturated rings. The van der Waals surface area contributed by atoms with E-state index in [4.69, 9.17) is 0 Å². The Labute approximate surface area is 98.7 Å². The largest absolute Gasteiger partial charge is 0.288 e. The summed E-state index contributed by atoms with van der Waals surface area (Å²) in [5.74, 6) is -1.22. The van der Waals surface area contributed by atoms with Crippen LogP contribution in [0.2, 0.25) is 0 Å². The molecule has 0 aliphatic carbocycles. The van der Waals surface area contributed by atoms with Crippen LogP contribution in [-0.2, 0) is 0 Å². The van der Waals surface area contributed by atoms with Gasteiger partial charge in [-0.05, 0) is 12.1 Å². The van der Waals surface area contributed by atoms with Gasteiger partial charge in [-0.1, -0.05) is 12.1 Å². The van der Waals surface area contributed by atoms with E-state index >= 15 is 0 Å². The third-order valence-corrected chi connectivity index (χ3v) is 2.94. The monoisotopic (exact) mass is 257 g/mol. The highest BCUT2D eigenvalue weighted by molar-refractivity contribution is 7.12. The topological polar surface area (TPSA) is 30.0 Å². The molecule has 2 aromatic rings. The van der Waals surface area contributed by atoms with Gasteiger partial charge in [-0.15, -0.1) is 11.3 Å². The molecule has 1 aromatic heterocycles. The molecule has 0 unspecified atom stereocenters. The Bertz CT molecular complexity index is 553. The number of rotatable bonds is 3. The number of hydrogen-bond acceptors (Lipinski definition) is 3. The van der Waals surface area contributed by atoms with Gasteiger partial charge in [0.1, 0.15) is 16.4 Å². The number of carbonyl (C=O) groups excluding carboxylic acids is 1. The van der Waals surface area contributed by atoms with Crippen LogP contribution in [0.25, 0.3) is 0 Å². The van der Waals surface area contributed by atoms with Crippen LogP contribution >= 0.6 is 11.3 Å². The van der Waals surface area contributed by atoms with E-state index in [1.807, 2.05) is 0 Å². The number of thiazole rings is 1. The highest BCUT2D eigenvalue weighted by atomic mass is 32.1. The van der Waals surface area contributed by atoms with Crippen LogP contribution in [0.4, 0.5) is 13.2 Å². The molecule has 0 N–H and O–H groups in total. The Morgan fingerprint density at radius 2 is 2.12 bits per heavy atom. The fraction of sp³-hybridized carbons (Fsp3) is 0.0909. The van der Waals surface area contributed by atoms with Crippen LogP contribution in [-0.4, -0.2) is 10.8 Å². The number of benzene rings is 1. The fourth-order valence-corrected chi connectivity index (χ4v) is 2.10. The van der Waals surface area contributed by atoms with Gasteiger partial charge in [-0.3, -0.25) is 4.79 Å². The summed E-state index contributed by atoms with van der Waals surface area (Å²) < 4.78 is 38.0. The average Bonchev–Trinajstić information content (AvgIpc) is 2.77. The lowest BCUT2D eigenvalue weighted by Gasteiger charge is -2.01. The van der Waals surface area contributed by atoms with E-state index < -0.39 is 23.7 Å². The molecule has 0 radical (unpaired) electrons. The first-order valence-corrected chi connectivity index (χ1v) is 5.49. The van der Waals surface area contributed by atoms with E-state index in [1.54, 1.807) is 0 Å². The zero-order valence-corrected chi connectivity index (χ0v) is 9.18. The lowest BCUT2D eigenvalue weighted by molar-refractivity contribution is 0.102. The predicted molar refractivity (Wildman–Crippen MR) is 56.9 cm³/mol. The van der Waals surface area contributed by atoms with E-state index in [2.05, 4.69) is 4.98 Å². The standard InChI is InChI=1S/C11H6F3NOS/c12-7-3-1-2-6(4-7)9(16)10-8(11(13)14)15-5-17-10/h1-5,11H. The number of carbonyl (C=O) groups is 1. The number of alkyl halides is 2. The average molecular weight is 257 g/mol. The zero-order valence-electron chi connectivity index (χ0n) is 8.36. The number of hydrogen-bond donors (Lipinski definition) is 0. The maximum Gasteiger partial charge on any atom is 0.281 e. The molecule has 2 nitrogen and oxygen atoms in total. The third kappa shape index (κ3) is 2.36.